The highest BCUT2D eigenvalue weighted by atomic mass is 32.1. The Kier molecular flexibility index (Phi) is 3.56. The van der Waals surface area contributed by atoms with Crippen LogP contribution in [0.4, 0.5) is 4.39 Å². The second-order valence-electron chi connectivity index (χ2n) is 2.97. The monoisotopic (exact) mass is 232 g/mol. The molecule has 0 fully saturated rings. The molecule has 0 N–H and O–H groups in total. The molecule has 80 valence electrons. The molecule has 0 unspecified atom stereocenters. The minimum atomic E-state index is -0.538. The van der Waals surface area contributed by atoms with Gasteiger partial charge in [0.05, 0.1) is 17.2 Å². The van der Waals surface area contributed by atoms with Gasteiger partial charge in [-0.25, -0.2) is 9.97 Å². The fraction of sp³-hybridized carbons (Fsp3) is 0. The number of thiophene rings is 1. The minimum Gasteiger partial charge on any atom is -0.250 e. The van der Waals surface area contributed by atoms with Gasteiger partial charge in [-0.3, -0.25) is 0 Å². The third-order valence-electron chi connectivity index (χ3n) is 1.84. The van der Waals surface area contributed by atoms with E-state index in [4.69, 9.17) is 0 Å². The smallest absolute Gasteiger partial charge is 0.231 e. The molecule has 0 spiro atoms. The van der Waals surface area contributed by atoms with Gasteiger partial charge in [-0.15, -0.1) is 0 Å². The predicted octanol–water partition coefficient (Wildman–Crippen LogP) is 3.52. The van der Waals surface area contributed by atoms with Crippen molar-refractivity contribution < 1.29 is 4.39 Å². The first-order valence-corrected chi connectivity index (χ1v) is 5.65. The minimum absolute atomic E-state index is 0.538. The van der Waals surface area contributed by atoms with E-state index in [1.807, 2.05) is 29.0 Å². The number of hydrogen-bond donors (Lipinski definition) is 0. The van der Waals surface area contributed by atoms with E-state index < -0.39 is 5.95 Å². The van der Waals surface area contributed by atoms with Crippen LogP contribution in [0.1, 0.15) is 0 Å². The summed E-state index contributed by atoms with van der Waals surface area (Å²) < 4.78 is 12.5. The molecule has 0 saturated carbocycles. The van der Waals surface area contributed by atoms with E-state index >= 15 is 0 Å². The number of fused-ring (bicyclic) bond motifs is 1. The van der Waals surface area contributed by atoms with Crippen molar-refractivity contribution >= 4 is 22.4 Å². The maximum Gasteiger partial charge on any atom is 0.231 e. The fourth-order valence-electron chi connectivity index (χ4n) is 1.16. The molecule has 3 rings (SSSR count). The first-order valence-electron chi connectivity index (χ1n) is 4.71. The predicted molar refractivity (Wildman–Crippen MR) is 63.8 cm³/mol. The van der Waals surface area contributed by atoms with Gasteiger partial charge in [0.2, 0.25) is 5.95 Å². The molecule has 2 aromatic heterocycles. The van der Waals surface area contributed by atoms with E-state index in [1.54, 1.807) is 29.5 Å². The summed E-state index contributed by atoms with van der Waals surface area (Å²) in [6.45, 7) is 0. The summed E-state index contributed by atoms with van der Waals surface area (Å²) in [5, 5.41) is 4.08. The Morgan fingerprint density at radius 1 is 0.938 bits per heavy atom. The van der Waals surface area contributed by atoms with Crippen molar-refractivity contribution in [3.63, 3.8) is 0 Å². The van der Waals surface area contributed by atoms with Crippen LogP contribution in [0.25, 0.3) is 11.0 Å². The third kappa shape index (κ3) is 2.84. The molecule has 1 aromatic carbocycles. The van der Waals surface area contributed by atoms with Crippen LogP contribution in [0, 0.1) is 5.95 Å². The zero-order valence-corrected chi connectivity index (χ0v) is 9.19. The quantitative estimate of drug-likeness (QED) is 0.592. The van der Waals surface area contributed by atoms with E-state index in [0.717, 1.165) is 6.20 Å². The van der Waals surface area contributed by atoms with Crippen molar-refractivity contribution in [3.05, 3.63) is 59.3 Å². The van der Waals surface area contributed by atoms with Crippen molar-refractivity contribution in [3.8, 4) is 0 Å². The highest BCUT2D eigenvalue weighted by molar-refractivity contribution is 7.07. The van der Waals surface area contributed by atoms with Crippen molar-refractivity contribution in [2.24, 2.45) is 0 Å². The summed E-state index contributed by atoms with van der Waals surface area (Å²) >= 11 is 1.71. The largest absolute Gasteiger partial charge is 0.250 e. The molecule has 0 bridgehead atoms. The van der Waals surface area contributed by atoms with Crippen LogP contribution >= 0.6 is 11.3 Å². The SMILES string of the molecule is Fc1cnc2ccccc2n1.c1ccsc1. The number of para-hydroxylation sites is 2. The van der Waals surface area contributed by atoms with E-state index in [1.165, 1.54) is 0 Å². The molecule has 0 aliphatic carbocycles. The van der Waals surface area contributed by atoms with Gasteiger partial charge in [-0.05, 0) is 22.9 Å². The lowest BCUT2D eigenvalue weighted by atomic mass is 10.3. The fourth-order valence-corrected chi connectivity index (χ4v) is 1.62. The number of halogens is 1. The van der Waals surface area contributed by atoms with Crippen LogP contribution in [0.3, 0.4) is 0 Å². The van der Waals surface area contributed by atoms with Gasteiger partial charge >= 0.3 is 0 Å². The summed E-state index contributed by atoms with van der Waals surface area (Å²) in [6, 6.07) is 11.2. The van der Waals surface area contributed by atoms with E-state index in [9.17, 15) is 4.39 Å². The molecule has 0 aliphatic rings. The van der Waals surface area contributed by atoms with Gasteiger partial charge < -0.3 is 0 Å². The zero-order chi connectivity index (χ0) is 11.2. The molecule has 2 nitrogen and oxygen atoms in total. The molecule has 0 atom stereocenters. The zero-order valence-electron chi connectivity index (χ0n) is 8.38. The number of nitrogens with zero attached hydrogens (tertiary/aromatic N) is 2. The van der Waals surface area contributed by atoms with Crippen LogP contribution in [0.5, 0.6) is 0 Å². The number of rotatable bonds is 0. The van der Waals surface area contributed by atoms with Gasteiger partial charge in [0.15, 0.2) is 0 Å². The Morgan fingerprint density at radius 3 is 2.25 bits per heavy atom. The Hall–Kier alpha value is -1.81. The molecular formula is C12H9FN2S. The standard InChI is InChI=1S/C8H5FN2.C4H4S/c9-8-5-10-6-3-1-2-4-7(6)11-8;1-2-4-5-3-1/h1-5H;1-4H. The Balaban J connectivity index is 0.000000162. The Morgan fingerprint density at radius 2 is 1.62 bits per heavy atom. The van der Waals surface area contributed by atoms with Crippen molar-refractivity contribution in [2.75, 3.05) is 0 Å². The number of hydrogen-bond acceptors (Lipinski definition) is 3. The summed E-state index contributed by atoms with van der Waals surface area (Å²) in [5.74, 6) is -0.538. The van der Waals surface area contributed by atoms with E-state index in [2.05, 4.69) is 9.97 Å². The summed E-state index contributed by atoms with van der Waals surface area (Å²) in [6.07, 6.45) is 1.11. The van der Waals surface area contributed by atoms with Gasteiger partial charge in [0.1, 0.15) is 0 Å². The van der Waals surface area contributed by atoms with E-state index in [0.29, 0.717) is 11.0 Å². The molecular weight excluding hydrogens is 223 g/mol. The molecule has 0 radical (unpaired) electrons. The van der Waals surface area contributed by atoms with Gasteiger partial charge in [-0.1, -0.05) is 24.3 Å². The van der Waals surface area contributed by atoms with Crippen molar-refractivity contribution in [1.82, 2.24) is 9.97 Å². The average molecular weight is 232 g/mol. The number of aromatic nitrogens is 2. The topological polar surface area (TPSA) is 25.8 Å². The molecule has 0 aliphatic heterocycles. The molecule has 0 saturated heterocycles. The Labute approximate surface area is 96.4 Å². The lowest BCUT2D eigenvalue weighted by Crippen LogP contribution is -1.86. The van der Waals surface area contributed by atoms with Gasteiger partial charge in [0.25, 0.3) is 0 Å². The highest BCUT2D eigenvalue weighted by Gasteiger charge is 1.95. The molecule has 2 heterocycles. The highest BCUT2D eigenvalue weighted by Crippen LogP contribution is 2.06. The van der Waals surface area contributed by atoms with Crippen LogP contribution in [-0.4, -0.2) is 9.97 Å². The van der Waals surface area contributed by atoms with Crippen LogP contribution in [-0.2, 0) is 0 Å². The van der Waals surface area contributed by atoms with Crippen LogP contribution in [0.2, 0.25) is 0 Å². The van der Waals surface area contributed by atoms with Gasteiger partial charge in [0, 0.05) is 0 Å². The molecule has 16 heavy (non-hydrogen) atoms. The molecule has 4 heteroatoms. The molecule has 0 amide bonds. The lowest BCUT2D eigenvalue weighted by Gasteiger charge is -1.92. The Bertz CT molecular complexity index is 535. The van der Waals surface area contributed by atoms with E-state index in [-0.39, 0.29) is 0 Å². The normalized spacial score (nSPS) is 9.56. The second kappa shape index (κ2) is 5.32. The van der Waals surface area contributed by atoms with Crippen LogP contribution in [0.15, 0.2) is 53.4 Å². The van der Waals surface area contributed by atoms with Crippen LogP contribution < -0.4 is 0 Å². The lowest BCUT2D eigenvalue weighted by molar-refractivity contribution is 0.583. The first kappa shape index (κ1) is 10.7. The second-order valence-corrected chi connectivity index (χ2v) is 3.79. The maximum atomic E-state index is 12.5. The summed E-state index contributed by atoms with van der Waals surface area (Å²) in [4.78, 5) is 7.49. The summed E-state index contributed by atoms with van der Waals surface area (Å²) in [7, 11) is 0. The maximum absolute atomic E-state index is 12.5. The number of benzene rings is 1. The first-order chi connectivity index (χ1) is 7.86. The third-order valence-corrected chi connectivity index (χ3v) is 2.47. The van der Waals surface area contributed by atoms with Crippen molar-refractivity contribution in [2.45, 2.75) is 0 Å². The van der Waals surface area contributed by atoms with Gasteiger partial charge in [-0.2, -0.15) is 15.7 Å². The average Bonchev–Trinajstić information content (AvgIpc) is 2.87. The van der Waals surface area contributed by atoms with Crippen molar-refractivity contribution in [1.29, 1.82) is 0 Å². The summed E-state index contributed by atoms with van der Waals surface area (Å²) in [5.41, 5.74) is 1.31. The molecule has 3 aromatic rings.